The van der Waals surface area contributed by atoms with Crippen molar-refractivity contribution in [3.05, 3.63) is 89.6 Å². The number of nitrogens with one attached hydrogen (secondary N) is 1. The monoisotopic (exact) mass is 377 g/mol. The third-order valence-corrected chi connectivity index (χ3v) is 4.58. The van der Waals surface area contributed by atoms with Crippen LogP contribution in [0.25, 0.3) is 16.9 Å². The molecule has 28 heavy (non-hydrogen) atoms. The molecule has 0 saturated heterocycles. The summed E-state index contributed by atoms with van der Waals surface area (Å²) in [5.41, 5.74) is 2.95. The van der Waals surface area contributed by atoms with Crippen LogP contribution in [0.5, 0.6) is 0 Å². The van der Waals surface area contributed by atoms with Gasteiger partial charge >= 0.3 is 0 Å². The fourth-order valence-electron chi connectivity index (χ4n) is 3.03. The number of rotatable bonds is 4. The highest BCUT2D eigenvalue weighted by atomic mass is 19.2. The summed E-state index contributed by atoms with van der Waals surface area (Å²) in [5.74, 6) is -1.82. The molecule has 0 aliphatic heterocycles. The summed E-state index contributed by atoms with van der Waals surface area (Å²) in [6.45, 7) is 2.04. The molecule has 1 N–H and O–H groups in total. The van der Waals surface area contributed by atoms with Crippen molar-refractivity contribution < 1.29 is 13.6 Å². The van der Waals surface area contributed by atoms with Crippen molar-refractivity contribution in [2.75, 3.05) is 5.32 Å². The number of carbonyl (C=O) groups excluding carboxylic acids is 1. The Morgan fingerprint density at radius 1 is 1.04 bits per heavy atom. The van der Waals surface area contributed by atoms with Gasteiger partial charge in [-0.25, -0.2) is 13.8 Å². The lowest BCUT2D eigenvalue weighted by molar-refractivity contribution is 0.102. The molecule has 1 amide bonds. The van der Waals surface area contributed by atoms with Gasteiger partial charge in [0.2, 0.25) is 0 Å². The number of carbonyl (C=O) groups is 1. The summed E-state index contributed by atoms with van der Waals surface area (Å²) in [6, 6.07) is 16.3. The summed E-state index contributed by atoms with van der Waals surface area (Å²) >= 11 is 0. The van der Waals surface area contributed by atoms with Crippen LogP contribution in [0.3, 0.4) is 0 Å². The number of halogens is 2. The lowest BCUT2D eigenvalue weighted by Gasteiger charge is -2.09. The first-order chi connectivity index (χ1) is 13.6. The van der Waals surface area contributed by atoms with Gasteiger partial charge in [0.15, 0.2) is 11.6 Å². The Hall–Kier alpha value is -3.54. The first-order valence-corrected chi connectivity index (χ1v) is 8.89. The van der Waals surface area contributed by atoms with Crippen LogP contribution >= 0.6 is 0 Å². The first-order valence-electron chi connectivity index (χ1n) is 8.89. The second-order valence-corrected chi connectivity index (χ2v) is 6.37. The van der Waals surface area contributed by atoms with E-state index in [-0.39, 0.29) is 5.91 Å². The van der Waals surface area contributed by atoms with Crippen molar-refractivity contribution in [3.63, 3.8) is 0 Å². The fraction of sp³-hybridized carbons (Fsp3) is 0.0909. The molecule has 0 bridgehead atoms. The lowest BCUT2D eigenvalue weighted by atomic mass is 10.1. The molecule has 2 heterocycles. The van der Waals surface area contributed by atoms with E-state index in [0.29, 0.717) is 28.3 Å². The van der Waals surface area contributed by atoms with E-state index >= 15 is 0 Å². The van der Waals surface area contributed by atoms with Crippen LogP contribution in [0.2, 0.25) is 0 Å². The molecule has 6 heteroatoms. The van der Waals surface area contributed by atoms with Gasteiger partial charge in [0.05, 0.1) is 0 Å². The van der Waals surface area contributed by atoms with Gasteiger partial charge in [-0.1, -0.05) is 25.1 Å². The van der Waals surface area contributed by atoms with Crippen molar-refractivity contribution in [2.24, 2.45) is 0 Å². The summed E-state index contributed by atoms with van der Waals surface area (Å²) in [4.78, 5) is 17.3. The third kappa shape index (κ3) is 3.24. The van der Waals surface area contributed by atoms with Crippen LogP contribution in [0.4, 0.5) is 14.6 Å². The average Bonchev–Trinajstić information content (AvgIpc) is 3.08. The van der Waals surface area contributed by atoms with Gasteiger partial charge in [-0.05, 0) is 54.4 Å². The Morgan fingerprint density at radius 3 is 2.54 bits per heavy atom. The molecule has 4 nitrogen and oxygen atoms in total. The van der Waals surface area contributed by atoms with Crippen molar-refractivity contribution in [1.29, 1.82) is 0 Å². The van der Waals surface area contributed by atoms with Crippen LogP contribution in [0.1, 0.15) is 22.8 Å². The number of pyridine rings is 1. The predicted molar refractivity (Wildman–Crippen MR) is 104 cm³/mol. The molecule has 0 aliphatic rings. The number of fused-ring (bicyclic) bond motifs is 1. The molecule has 0 radical (unpaired) electrons. The Morgan fingerprint density at radius 2 is 1.82 bits per heavy atom. The normalized spacial score (nSPS) is 11.0. The van der Waals surface area contributed by atoms with E-state index in [4.69, 9.17) is 0 Å². The zero-order valence-corrected chi connectivity index (χ0v) is 15.1. The minimum absolute atomic E-state index is 0.308. The van der Waals surface area contributed by atoms with Crippen molar-refractivity contribution >= 4 is 17.4 Å². The van der Waals surface area contributed by atoms with Crippen LogP contribution in [0.15, 0.2) is 66.9 Å². The minimum atomic E-state index is -0.970. The van der Waals surface area contributed by atoms with Gasteiger partial charge in [-0.2, -0.15) is 0 Å². The molecule has 0 saturated carbocycles. The fourth-order valence-corrected chi connectivity index (χ4v) is 3.03. The number of aryl methyl sites for hydroxylation is 1. The zero-order chi connectivity index (χ0) is 19.7. The molecule has 0 spiro atoms. The second kappa shape index (κ2) is 7.23. The molecule has 2 aromatic heterocycles. The lowest BCUT2D eigenvalue weighted by Crippen LogP contribution is -2.14. The quantitative estimate of drug-likeness (QED) is 0.538. The predicted octanol–water partition coefficient (Wildman–Crippen LogP) is 5.09. The molecule has 0 fully saturated rings. The highest BCUT2D eigenvalue weighted by Crippen LogP contribution is 2.30. The number of hydrogen-bond acceptors (Lipinski definition) is 2. The first kappa shape index (κ1) is 17.9. The number of amides is 1. The number of imidazole rings is 1. The van der Waals surface area contributed by atoms with E-state index in [0.717, 1.165) is 24.1 Å². The largest absolute Gasteiger partial charge is 0.306 e. The Labute approximate surface area is 160 Å². The maximum Gasteiger partial charge on any atom is 0.256 e. The summed E-state index contributed by atoms with van der Waals surface area (Å²) in [5, 5.41) is 2.87. The van der Waals surface area contributed by atoms with E-state index in [2.05, 4.69) is 10.3 Å². The van der Waals surface area contributed by atoms with Crippen LogP contribution < -0.4 is 5.32 Å². The maximum absolute atomic E-state index is 13.8. The van der Waals surface area contributed by atoms with Gasteiger partial charge < -0.3 is 5.32 Å². The van der Waals surface area contributed by atoms with Gasteiger partial charge in [0, 0.05) is 17.3 Å². The van der Waals surface area contributed by atoms with Crippen molar-refractivity contribution in [3.8, 4) is 11.3 Å². The number of hydrogen-bond donors (Lipinski definition) is 1. The number of anilines is 1. The number of aromatic nitrogens is 2. The SMILES string of the molecule is CCc1ccc(C(=O)Nc2c(-c3ccc(F)c(F)c3)nc3ccccn23)cc1. The molecular weight excluding hydrogens is 360 g/mol. The highest BCUT2D eigenvalue weighted by molar-refractivity contribution is 6.05. The number of benzene rings is 2. The summed E-state index contributed by atoms with van der Waals surface area (Å²) in [6.07, 6.45) is 2.64. The molecule has 0 unspecified atom stereocenters. The van der Waals surface area contributed by atoms with E-state index in [9.17, 15) is 13.6 Å². The summed E-state index contributed by atoms with van der Waals surface area (Å²) < 4.78 is 28.8. The molecule has 140 valence electrons. The van der Waals surface area contributed by atoms with Crippen LogP contribution in [0, 0.1) is 11.6 Å². The van der Waals surface area contributed by atoms with Crippen LogP contribution in [-0.4, -0.2) is 15.3 Å². The van der Waals surface area contributed by atoms with Crippen molar-refractivity contribution in [2.45, 2.75) is 13.3 Å². The molecule has 4 rings (SSSR count). The number of nitrogens with zero attached hydrogens (tertiary/aromatic N) is 2. The van der Waals surface area contributed by atoms with Gasteiger partial charge in [-0.15, -0.1) is 0 Å². The topological polar surface area (TPSA) is 46.4 Å². The van der Waals surface area contributed by atoms with E-state index in [1.807, 2.05) is 25.1 Å². The zero-order valence-electron chi connectivity index (χ0n) is 15.1. The van der Waals surface area contributed by atoms with Crippen molar-refractivity contribution in [1.82, 2.24) is 9.38 Å². The molecule has 4 aromatic rings. The Bertz CT molecular complexity index is 1170. The second-order valence-electron chi connectivity index (χ2n) is 6.37. The average molecular weight is 377 g/mol. The third-order valence-electron chi connectivity index (χ3n) is 4.58. The maximum atomic E-state index is 13.8. The van der Waals surface area contributed by atoms with Gasteiger partial charge in [0.25, 0.3) is 5.91 Å². The smallest absolute Gasteiger partial charge is 0.256 e. The molecular formula is C22H17F2N3O. The Kier molecular flexibility index (Phi) is 4.61. The summed E-state index contributed by atoms with van der Waals surface area (Å²) in [7, 11) is 0. The van der Waals surface area contributed by atoms with E-state index in [1.165, 1.54) is 6.07 Å². The van der Waals surface area contributed by atoms with Crippen LogP contribution in [-0.2, 0) is 6.42 Å². The van der Waals surface area contributed by atoms with E-state index in [1.54, 1.807) is 34.9 Å². The van der Waals surface area contributed by atoms with Gasteiger partial charge in [-0.3, -0.25) is 9.20 Å². The molecule has 2 aromatic carbocycles. The molecule has 0 atom stereocenters. The van der Waals surface area contributed by atoms with Gasteiger partial charge in [0.1, 0.15) is 17.2 Å². The minimum Gasteiger partial charge on any atom is -0.306 e. The highest BCUT2D eigenvalue weighted by Gasteiger charge is 2.18. The Balaban J connectivity index is 1.78. The van der Waals surface area contributed by atoms with E-state index < -0.39 is 11.6 Å². The molecule has 0 aliphatic carbocycles. The standard InChI is InChI=1S/C22H17F2N3O/c1-2-14-6-8-15(9-7-14)22(28)26-21-20(16-10-11-17(23)18(24)13-16)25-19-5-3-4-12-27(19)21/h3-13H,2H2,1H3,(H,26,28).